The van der Waals surface area contributed by atoms with E-state index < -0.39 is 5.97 Å². The molecule has 0 saturated carbocycles. The van der Waals surface area contributed by atoms with Gasteiger partial charge < -0.3 is 14.8 Å². The highest BCUT2D eigenvalue weighted by molar-refractivity contribution is 5.86. The van der Waals surface area contributed by atoms with Gasteiger partial charge in [-0.2, -0.15) is 0 Å². The summed E-state index contributed by atoms with van der Waals surface area (Å²) < 4.78 is 5.30. The minimum atomic E-state index is -1.02. The maximum Gasteiger partial charge on any atom is 0.372 e. The molecule has 1 unspecified atom stereocenters. The molecular weight excluding hydrogens is 254 g/mol. The van der Waals surface area contributed by atoms with Crippen LogP contribution in [0.25, 0.3) is 0 Å². The molecule has 1 aromatic carbocycles. The Balaban J connectivity index is 1.87. The van der Waals surface area contributed by atoms with Gasteiger partial charge in [0, 0.05) is 12.1 Å². The summed E-state index contributed by atoms with van der Waals surface area (Å²) in [6.07, 6.45) is 0. The minimum Gasteiger partial charge on any atom is -0.475 e. The zero-order valence-corrected chi connectivity index (χ0v) is 11.7. The van der Waals surface area contributed by atoms with Gasteiger partial charge in [-0.15, -0.1) is 0 Å². The zero-order chi connectivity index (χ0) is 14.5. The van der Waals surface area contributed by atoms with Crippen LogP contribution in [0.1, 0.15) is 40.3 Å². The molecule has 0 aliphatic heterocycles. The Hall–Kier alpha value is -2.07. The molecule has 4 nitrogen and oxygen atoms in total. The summed E-state index contributed by atoms with van der Waals surface area (Å²) in [4.78, 5) is 10.9. The van der Waals surface area contributed by atoms with Crippen molar-refractivity contribution < 1.29 is 14.3 Å². The first-order valence-electron chi connectivity index (χ1n) is 6.66. The molecule has 2 N–H and O–H groups in total. The van der Waals surface area contributed by atoms with Gasteiger partial charge in [0.05, 0.1) is 6.54 Å². The summed E-state index contributed by atoms with van der Waals surface area (Å²) in [6.45, 7) is 5.24. The van der Waals surface area contributed by atoms with Crippen LogP contribution in [0.2, 0.25) is 0 Å². The summed E-state index contributed by atoms with van der Waals surface area (Å²) in [6, 6.07) is 12.0. The highest BCUT2D eigenvalue weighted by Crippen LogP contribution is 2.16. The molecule has 0 fully saturated rings. The van der Waals surface area contributed by atoms with Gasteiger partial charge in [-0.1, -0.05) is 37.3 Å². The molecule has 1 aromatic heterocycles. The number of hydrogen-bond acceptors (Lipinski definition) is 3. The minimum absolute atomic E-state index is 0.0258. The quantitative estimate of drug-likeness (QED) is 0.848. The summed E-state index contributed by atoms with van der Waals surface area (Å²) in [5.74, 6) is 0.0516. The lowest BCUT2D eigenvalue weighted by atomic mass is 10.0. The number of aromatic carboxylic acids is 1. The Labute approximate surface area is 118 Å². The fourth-order valence-corrected chi connectivity index (χ4v) is 2.16. The second kappa shape index (κ2) is 6.39. The first-order valence-corrected chi connectivity index (χ1v) is 6.66. The van der Waals surface area contributed by atoms with E-state index in [2.05, 4.69) is 24.4 Å². The van der Waals surface area contributed by atoms with Gasteiger partial charge in [-0.25, -0.2) is 4.79 Å². The molecule has 0 aliphatic carbocycles. The Bertz CT molecular complexity index is 575. The van der Waals surface area contributed by atoms with Gasteiger partial charge >= 0.3 is 5.97 Å². The van der Waals surface area contributed by atoms with Gasteiger partial charge in [0.2, 0.25) is 5.76 Å². The Morgan fingerprint density at radius 3 is 2.65 bits per heavy atom. The van der Waals surface area contributed by atoms with E-state index in [4.69, 9.17) is 9.52 Å². The number of hydrogen-bond donors (Lipinski definition) is 2. The molecule has 4 heteroatoms. The third-order valence-corrected chi connectivity index (χ3v) is 3.28. The molecular formula is C16H19NO3. The van der Waals surface area contributed by atoms with E-state index in [1.807, 2.05) is 18.2 Å². The molecule has 0 amide bonds. The molecule has 1 atom stereocenters. The van der Waals surface area contributed by atoms with Crippen molar-refractivity contribution in [3.05, 3.63) is 59.0 Å². The van der Waals surface area contributed by atoms with E-state index in [9.17, 15) is 4.79 Å². The lowest BCUT2D eigenvalue weighted by molar-refractivity contribution is 0.0659. The van der Waals surface area contributed by atoms with Crippen LogP contribution in [0.4, 0.5) is 0 Å². The normalized spacial score (nSPS) is 12.3. The molecule has 106 valence electrons. The Kier molecular flexibility index (Phi) is 4.58. The molecule has 0 spiro atoms. The van der Waals surface area contributed by atoms with Crippen LogP contribution in [0, 0.1) is 6.92 Å². The standard InChI is InChI=1S/C16H19NO3/c1-11-8-14(20-15(11)16(18)19)10-17-9-12(2)13-6-4-3-5-7-13/h3-8,12,17H,9-10H2,1-2H3,(H,18,19). The Morgan fingerprint density at radius 2 is 2.05 bits per heavy atom. The summed E-state index contributed by atoms with van der Waals surface area (Å²) >= 11 is 0. The summed E-state index contributed by atoms with van der Waals surface area (Å²) in [5.41, 5.74) is 1.94. The third-order valence-electron chi connectivity index (χ3n) is 3.28. The van der Waals surface area contributed by atoms with E-state index in [0.717, 1.165) is 6.54 Å². The summed E-state index contributed by atoms with van der Waals surface area (Å²) in [5, 5.41) is 12.2. The molecule has 0 saturated heterocycles. The van der Waals surface area contributed by atoms with Gasteiger partial charge in [-0.3, -0.25) is 0 Å². The first kappa shape index (κ1) is 14.3. The monoisotopic (exact) mass is 273 g/mol. The lowest BCUT2D eigenvalue weighted by Gasteiger charge is -2.12. The smallest absolute Gasteiger partial charge is 0.372 e. The summed E-state index contributed by atoms with van der Waals surface area (Å²) in [7, 11) is 0. The van der Waals surface area contributed by atoms with Crippen LogP contribution in [0.3, 0.4) is 0 Å². The second-order valence-electron chi connectivity index (χ2n) is 4.97. The maximum absolute atomic E-state index is 10.9. The van der Waals surface area contributed by atoms with Gasteiger partial charge in [0.15, 0.2) is 0 Å². The highest BCUT2D eigenvalue weighted by atomic mass is 16.4. The number of nitrogens with one attached hydrogen (secondary N) is 1. The molecule has 2 rings (SSSR count). The number of benzene rings is 1. The average molecular weight is 273 g/mol. The van der Waals surface area contributed by atoms with Crippen LogP contribution in [0.15, 0.2) is 40.8 Å². The van der Waals surface area contributed by atoms with Crippen LogP contribution >= 0.6 is 0 Å². The second-order valence-corrected chi connectivity index (χ2v) is 4.97. The van der Waals surface area contributed by atoms with Crippen molar-refractivity contribution in [2.24, 2.45) is 0 Å². The SMILES string of the molecule is Cc1cc(CNCC(C)c2ccccc2)oc1C(=O)O. The largest absolute Gasteiger partial charge is 0.475 e. The fraction of sp³-hybridized carbons (Fsp3) is 0.312. The first-order chi connectivity index (χ1) is 9.58. The van der Waals surface area contributed by atoms with E-state index in [-0.39, 0.29) is 5.76 Å². The number of carboxylic acid groups (broad SMARTS) is 1. The number of carboxylic acids is 1. The van der Waals surface area contributed by atoms with Crippen molar-refractivity contribution in [2.45, 2.75) is 26.3 Å². The van der Waals surface area contributed by atoms with Crippen molar-refractivity contribution in [2.75, 3.05) is 6.54 Å². The number of carbonyl (C=O) groups is 1. The van der Waals surface area contributed by atoms with Crippen molar-refractivity contribution in [1.82, 2.24) is 5.32 Å². The molecule has 2 aromatic rings. The third kappa shape index (κ3) is 3.48. The average Bonchev–Trinajstić information content (AvgIpc) is 2.81. The highest BCUT2D eigenvalue weighted by Gasteiger charge is 2.14. The van der Waals surface area contributed by atoms with Crippen molar-refractivity contribution in [3.63, 3.8) is 0 Å². The number of furan rings is 1. The Morgan fingerprint density at radius 1 is 1.35 bits per heavy atom. The number of rotatable bonds is 6. The zero-order valence-electron chi connectivity index (χ0n) is 11.7. The fourth-order valence-electron chi connectivity index (χ4n) is 2.16. The molecule has 0 bridgehead atoms. The molecule has 20 heavy (non-hydrogen) atoms. The van der Waals surface area contributed by atoms with Crippen LogP contribution in [-0.4, -0.2) is 17.6 Å². The molecule has 0 radical (unpaired) electrons. The van der Waals surface area contributed by atoms with E-state index in [1.165, 1.54) is 5.56 Å². The van der Waals surface area contributed by atoms with Crippen LogP contribution < -0.4 is 5.32 Å². The maximum atomic E-state index is 10.9. The lowest BCUT2D eigenvalue weighted by Crippen LogP contribution is -2.19. The molecule has 0 aliphatic rings. The number of aryl methyl sites for hydroxylation is 1. The van der Waals surface area contributed by atoms with Crippen LogP contribution in [0.5, 0.6) is 0 Å². The van der Waals surface area contributed by atoms with Crippen molar-refractivity contribution >= 4 is 5.97 Å². The van der Waals surface area contributed by atoms with Crippen LogP contribution in [-0.2, 0) is 6.54 Å². The van der Waals surface area contributed by atoms with E-state index >= 15 is 0 Å². The van der Waals surface area contributed by atoms with E-state index in [1.54, 1.807) is 13.0 Å². The molecule has 1 heterocycles. The van der Waals surface area contributed by atoms with Gasteiger partial charge in [0.1, 0.15) is 5.76 Å². The van der Waals surface area contributed by atoms with E-state index in [0.29, 0.717) is 23.8 Å². The van der Waals surface area contributed by atoms with Gasteiger partial charge in [-0.05, 0) is 24.5 Å². The predicted molar refractivity (Wildman–Crippen MR) is 77.0 cm³/mol. The topological polar surface area (TPSA) is 62.5 Å². The van der Waals surface area contributed by atoms with Crippen molar-refractivity contribution in [3.8, 4) is 0 Å². The van der Waals surface area contributed by atoms with Crippen molar-refractivity contribution in [1.29, 1.82) is 0 Å². The predicted octanol–water partition coefficient (Wildman–Crippen LogP) is 3.18. The van der Waals surface area contributed by atoms with Gasteiger partial charge in [0.25, 0.3) is 0 Å².